The molecule has 1 aliphatic rings. The lowest BCUT2D eigenvalue weighted by Crippen LogP contribution is -2.20. The highest BCUT2D eigenvalue weighted by Crippen LogP contribution is 2.25. The van der Waals surface area contributed by atoms with Crippen LogP contribution in [0.4, 0.5) is 11.5 Å². The number of halogens is 2. The number of aromatic nitrogens is 2. The van der Waals surface area contributed by atoms with E-state index in [4.69, 9.17) is 27.9 Å². The van der Waals surface area contributed by atoms with E-state index in [0.29, 0.717) is 33.9 Å². The standard InChI is InChI=1S/C17H18Cl2N4O2/c1-10-21-15(8-16(22-10)20-9-12-3-2-6-25-12)17(24)23-14-5-4-11(18)7-13(14)19/h4-5,7-8,12H,2-3,6,9H2,1H3,(H,23,24)(H,20,21,22). The lowest BCUT2D eigenvalue weighted by Gasteiger charge is -2.13. The van der Waals surface area contributed by atoms with Gasteiger partial charge in [-0.2, -0.15) is 0 Å². The van der Waals surface area contributed by atoms with E-state index in [9.17, 15) is 4.79 Å². The molecule has 0 saturated carbocycles. The molecular weight excluding hydrogens is 363 g/mol. The molecule has 1 aliphatic heterocycles. The van der Waals surface area contributed by atoms with Gasteiger partial charge in [-0.15, -0.1) is 0 Å². The van der Waals surface area contributed by atoms with Gasteiger partial charge >= 0.3 is 0 Å². The average molecular weight is 381 g/mol. The first-order chi connectivity index (χ1) is 12.0. The normalized spacial score (nSPS) is 16.7. The second-order valence-electron chi connectivity index (χ2n) is 5.78. The van der Waals surface area contributed by atoms with Crippen LogP contribution >= 0.6 is 23.2 Å². The van der Waals surface area contributed by atoms with Gasteiger partial charge in [0.05, 0.1) is 16.8 Å². The van der Waals surface area contributed by atoms with Gasteiger partial charge in [-0.1, -0.05) is 23.2 Å². The van der Waals surface area contributed by atoms with Crippen molar-refractivity contribution in [2.24, 2.45) is 0 Å². The number of carbonyl (C=O) groups excluding carboxylic acids is 1. The van der Waals surface area contributed by atoms with E-state index in [1.807, 2.05) is 0 Å². The molecule has 2 N–H and O–H groups in total. The number of hydrogen-bond acceptors (Lipinski definition) is 5. The zero-order chi connectivity index (χ0) is 17.8. The molecule has 132 valence electrons. The Kier molecular flexibility index (Phi) is 5.73. The van der Waals surface area contributed by atoms with E-state index in [1.165, 1.54) is 0 Å². The highest BCUT2D eigenvalue weighted by Gasteiger charge is 2.16. The van der Waals surface area contributed by atoms with Gasteiger partial charge in [0.25, 0.3) is 5.91 Å². The second kappa shape index (κ2) is 7.99. The molecule has 3 rings (SSSR count). The minimum atomic E-state index is -0.366. The van der Waals surface area contributed by atoms with E-state index >= 15 is 0 Å². The van der Waals surface area contributed by atoms with E-state index in [1.54, 1.807) is 31.2 Å². The van der Waals surface area contributed by atoms with Crippen molar-refractivity contribution in [2.45, 2.75) is 25.9 Å². The monoisotopic (exact) mass is 380 g/mol. The molecule has 1 unspecified atom stereocenters. The first-order valence-electron chi connectivity index (χ1n) is 7.99. The van der Waals surface area contributed by atoms with Gasteiger partial charge in [-0.05, 0) is 38.0 Å². The summed E-state index contributed by atoms with van der Waals surface area (Å²) in [5.74, 6) is 0.731. The van der Waals surface area contributed by atoms with E-state index < -0.39 is 0 Å². The minimum Gasteiger partial charge on any atom is -0.376 e. The van der Waals surface area contributed by atoms with Crippen molar-refractivity contribution in [1.82, 2.24) is 9.97 Å². The van der Waals surface area contributed by atoms with Crippen molar-refractivity contribution in [3.8, 4) is 0 Å². The zero-order valence-corrected chi connectivity index (χ0v) is 15.2. The molecule has 0 bridgehead atoms. The predicted molar refractivity (Wildman–Crippen MR) is 98.6 cm³/mol. The number of hydrogen-bond donors (Lipinski definition) is 2. The zero-order valence-electron chi connectivity index (χ0n) is 13.7. The molecule has 1 fully saturated rings. The topological polar surface area (TPSA) is 76.1 Å². The third kappa shape index (κ3) is 4.81. The molecule has 8 heteroatoms. The molecule has 0 radical (unpaired) electrons. The molecule has 0 aliphatic carbocycles. The van der Waals surface area contributed by atoms with Gasteiger partial charge in [0.2, 0.25) is 0 Å². The molecule has 1 aromatic heterocycles. The molecule has 25 heavy (non-hydrogen) atoms. The first-order valence-corrected chi connectivity index (χ1v) is 8.74. The highest BCUT2D eigenvalue weighted by molar-refractivity contribution is 6.36. The molecule has 1 saturated heterocycles. The van der Waals surface area contributed by atoms with Crippen LogP contribution in [0.3, 0.4) is 0 Å². The summed E-state index contributed by atoms with van der Waals surface area (Å²) >= 11 is 12.0. The summed E-state index contributed by atoms with van der Waals surface area (Å²) in [6, 6.07) is 6.48. The summed E-state index contributed by atoms with van der Waals surface area (Å²) in [6.07, 6.45) is 2.28. The lowest BCUT2D eigenvalue weighted by atomic mass is 10.2. The van der Waals surface area contributed by atoms with Crippen molar-refractivity contribution < 1.29 is 9.53 Å². The van der Waals surface area contributed by atoms with E-state index in [0.717, 1.165) is 19.4 Å². The molecule has 0 spiro atoms. The maximum absolute atomic E-state index is 12.5. The number of anilines is 2. The van der Waals surface area contributed by atoms with Crippen molar-refractivity contribution in [2.75, 3.05) is 23.8 Å². The van der Waals surface area contributed by atoms with Crippen LogP contribution in [0.15, 0.2) is 24.3 Å². The maximum Gasteiger partial charge on any atom is 0.274 e. The van der Waals surface area contributed by atoms with E-state index in [2.05, 4.69) is 20.6 Å². The lowest BCUT2D eigenvalue weighted by molar-refractivity contribution is 0.102. The van der Waals surface area contributed by atoms with Gasteiger partial charge in [-0.3, -0.25) is 4.79 Å². The summed E-state index contributed by atoms with van der Waals surface area (Å²) < 4.78 is 5.57. The fourth-order valence-electron chi connectivity index (χ4n) is 2.58. The molecule has 1 atom stereocenters. The summed E-state index contributed by atoms with van der Waals surface area (Å²) in [4.78, 5) is 21.0. The first kappa shape index (κ1) is 17.9. The predicted octanol–water partition coefficient (Wildman–Crippen LogP) is 3.94. The number of nitrogens with one attached hydrogen (secondary N) is 2. The number of rotatable bonds is 5. The molecule has 1 amide bonds. The Bertz CT molecular complexity index is 779. The number of benzene rings is 1. The summed E-state index contributed by atoms with van der Waals surface area (Å²) in [7, 11) is 0. The van der Waals surface area contributed by atoms with Gasteiger partial charge in [0.1, 0.15) is 17.3 Å². The van der Waals surface area contributed by atoms with Crippen LogP contribution in [0, 0.1) is 6.92 Å². The van der Waals surface area contributed by atoms with Crippen LogP contribution in [-0.4, -0.2) is 35.1 Å². The Morgan fingerprint density at radius 1 is 1.32 bits per heavy atom. The van der Waals surface area contributed by atoms with Gasteiger partial charge in [-0.25, -0.2) is 9.97 Å². The van der Waals surface area contributed by atoms with Crippen molar-refractivity contribution in [1.29, 1.82) is 0 Å². The number of aryl methyl sites for hydroxylation is 1. The van der Waals surface area contributed by atoms with Crippen molar-refractivity contribution in [3.05, 3.63) is 45.8 Å². The smallest absolute Gasteiger partial charge is 0.274 e. The Morgan fingerprint density at radius 2 is 2.16 bits per heavy atom. The van der Waals surface area contributed by atoms with Crippen LogP contribution < -0.4 is 10.6 Å². The summed E-state index contributed by atoms with van der Waals surface area (Å²) in [5.41, 5.74) is 0.731. The number of nitrogens with zero attached hydrogens (tertiary/aromatic N) is 2. The van der Waals surface area contributed by atoms with Crippen LogP contribution in [0.5, 0.6) is 0 Å². The fourth-order valence-corrected chi connectivity index (χ4v) is 3.03. The minimum absolute atomic E-state index is 0.181. The third-order valence-corrected chi connectivity index (χ3v) is 4.33. The van der Waals surface area contributed by atoms with Gasteiger partial charge in [0.15, 0.2) is 0 Å². The van der Waals surface area contributed by atoms with Crippen LogP contribution in [0.25, 0.3) is 0 Å². The summed E-state index contributed by atoms with van der Waals surface area (Å²) in [5, 5.41) is 6.80. The fraction of sp³-hybridized carbons (Fsp3) is 0.353. The van der Waals surface area contributed by atoms with Gasteiger partial charge in [0, 0.05) is 24.2 Å². The Hall–Kier alpha value is -1.89. The third-order valence-electron chi connectivity index (χ3n) is 3.78. The second-order valence-corrected chi connectivity index (χ2v) is 6.62. The molecule has 6 nitrogen and oxygen atoms in total. The Morgan fingerprint density at radius 3 is 2.88 bits per heavy atom. The summed E-state index contributed by atoms with van der Waals surface area (Å²) in [6.45, 7) is 3.19. The average Bonchev–Trinajstić information content (AvgIpc) is 3.08. The Balaban J connectivity index is 1.70. The molecule has 2 aromatic rings. The number of carbonyl (C=O) groups is 1. The SMILES string of the molecule is Cc1nc(NCC2CCCO2)cc(C(=O)Nc2ccc(Cl)cc2Cl)n1. The Labute approximate surface area is 155 Å². The van der Waals surface area contributed by atoms with Crippen molar-refractivity contribution in [3.63, 3.8) is 0 Å². The van der Waals surface area contributed by atoms with E-state index in [-0.39, 0.29) is 17.7 Å². The molecular formula is C17H18Cl2N4O2. The quantitative estimate of drug-likeness (QED) is 0.821. The van der Waals surface area contributed by atoms with Crippen molar-refractivity contribution >= 4 is 40.6 Å². The van der Waals surface area contributed by atoms with Crippen LogP contribution in [0.1, 0.15) is 29.2 Å². The van der Waals surface area contributed by atoms with Crippen LogP contribution in [-0.2, 0) is 4.74 Å². The highest BCUT2D eigenvalue weighted by atomic mass is 35.5. The number of amides is 1. The van der Waals surface area contributed by atoms with Gasteiger partial charge < -0.3 is 15.4 Å². The largest absolute Gasteiger partial charge is 0.376 e. The van der Waals surface area contributed by atoms with Crippen LogP contribution in [0.2, 0.25) is 10.0 Å². The molecule has 1 aromatic carbocycles. The maximum atomic E-state index is 12.5. The molecule has 2 heterocycles. The number of ether oxygens (including phenoxy) is 1.